The number of fused-ring (bicyclic) bond motifs is 1. The van der Waals surface area contributed by atoms with Gasteiger partial charge in [0, 0.05) is 23.9 Å². The largest absolute Gasteiger partial charge is 0.329 e. The third-order valence-corrected chi connectivity index (χ3v) is 4.77. The van der Waals surface area contributed by atoms with E-state index in [1.54, 1.807) is 11.3 Å². The van der Waals surface area contributed by atoms with Crippen LogP contribution in [0.1, 0.15) is 15.6 Å². The van der Waals surface area contributed by atoms with Gasteiger partial charge in [-0.15, -0.1) is 11.3 Å². The molecule has 0 aliphatic carbocycles. The number of imidazole rings is 1. The minimum atomic E-state index is 0.132. The Hall–Kier alpha value is -1.76. The molecule has 0 saturated heterocycles. The summed E-state index contributed by atoms with van der Waals surface area (Å²) in [5, 5.41) is 1.12. The van der Waals surface area contributed by atoms with Crippen molar-refractivity contribution >= 4 is 22.4 Å². The van der Waals surface area contributed by atoms with E-state index in [0.29, 0.717) is 0 Å². The van der Waals surface area contributed by atoms with Gasteiger partial charge in [-0.1, -0.05) is 12.1 Å². The Balaban J connectivity index is 1.78. The van der Waals surface area contributed by atoms with E-state index >= 15 is 0 Å². The molecule has 21 heavy (non-hydrogen) atoms. The lowest BCUT2D eigenvalue weighted by molar-refractivity contribution is 0.460. The van der Waals surface area contributed by atoms with Crippen LogP contribution >= 0.6 is 11.3 Å². The second kappa shape index (κ2) is 5.93. The van der Waals surface area contributed by atoms with Crippen LogP contribution in [0.25, 0.3) is 11.0 Å². The Labute approximate surface area is 127 Å². The van der Waals surface area contributed by atoms with E-state index in [1.807, 2.05) is 31.5 Å². The number of aromatic nitrogens is 3. The minimum absolute atomic E-state index is 0.132. The average Bonchev–Trinajstić information content (AvgIpc) is 3.03. The standard InChI is InChI=1S/C15H19N5S/c1-10-11(2)21-15(18-10)7-12(19-16)8-20-9-17-13-5-3-4-6-14(13)20/h3-6,9,12,19H,7-8,16H2,1-2H3. The van der Waals surface area contributed by atoms with Crippen LogP contribution in [0.4, 0.5) is 0 Å². The van der Waals surface area contributed by atoms with Crippen LogP contribution < -0.4 is 11.3 Å². The number of nitrogens with zero attached hydrogens (tertiary/aromatic N) is 3. The summed E-state index contributed by atoms with van der Waals surface area (Å²) < 4.78 is 2.13. The zero-order valence-electron chi connectivity index (χ0n) is 12.2. The number of aryl methyl sites for hydroxylation is 2. The van der Waals surface area contributed by atoms with E-state index in [-0.39, 0.29) is 6.04 Å². The molecule has 0 radical (unpaired) electrons. The van der Waals surface area contributed by atoms with Crippen LogP contribution in [0.2, 0.25) is 0 Å². The normalized spacial score (nSPS) is 12.9. The maximum atomic E-state index is 5.72. The first-order valence-corrected chi connectivity index (χ1v) is 7.78. The summed E-state index contributed by atoms with van der Waals surface area (Å²) in [5.74, 6) is 5.72. The van der Waals surface area contributed by atoms with E-state index in [1.165, 1.54) is 4.88 Å². The van der Waals surface area contributed by atoms with Crippen LogP contribution in [0, 0.1) is 13.8 Å². The van der Waals surface area contributed by atoms with E-state index < -0.39 is 0 Å². The number of hydrogen-bond acceptors (Lipinski definition) is 5. The fourth-order valence-electron chi connectivity index (χ4n) is 2.41. The molecule has 1 aromatic carbocycles. The van der Waals surface area contributed by atoms with Gasteiger partial charge < -0.3 is 4.57 Å². The highest BCUT2D eigenvalue weighted by atomic mass is 32.1. The second-order valence-corrected chi connectivity index (χ2v) is 6.49. The van der Waals surface area contributed by atoms with Crippen molar-refractivity contribution in [3.8, 4) is 0 Å². The molecule has 3 rings (SSSR count). The molecule has 0 aliphatic heterocycles. The molecule has 2 heterocycles. The van der Waals surface area contributed by atoms with Gasteiger partial charge in [0.1, 0.15) is 0 Å². The van der Waals surface area contributed by atoms with E-state index in [9.17, 15) is 0 Å². The highest BCUT2D eigenvalue weighted by Gasteiger charge is 2.14. The molecule has 0 bridgehead atoms. The molecular weight excluding hydrogens is 282 g/mol. The van der Waals surface area contributed by atoms with Gasteiger partial charge in [0.25, 0.3) is 0 Å². The summed E-state index contributed by atoms with van der Waals surface area (Å²) in [6, 6.07) is 8.25. The summed E-state index contributed by atoms with van der Waals surface area (Å²) in [6.07, 6.45) is 2.69. The number of hydrogen-bond donors (Lipinski definition) is 2. The third-order valence-electron chi connectivity index (χ3n) is 3.67. The van der Waals surface area contributed by atoms with Crippen LogP contribution in [0.5, 0.6) is 0 Å². The Bertz CT molecular complexity index is 726. The summed E-state index contributed by atoms with van der Waals surface area (Å²) >= 11 is 1.74. The van der Waals surface area contributed by atoms with E-state index in [2.05, 4.69) is 33.0 Å². The maximum absolute atomic E-state index is 5.72. The highest BCUT2D eigenvalue weighted by Crippen LogP contribution is 2.19. The van der Waals surface area contributed by atoms with Crippen molar-refractivity contribution < 1.29 is 0 Å². The van der Waals surface area contributed by atoms with E-state index in [0.717, 1.165) is 34.7 Å². The molecule has 3 aromatic rings. The molecule has 1 atom stereocenters. The molecule has 0 amide bonds. The quantitative estimate of drug-likeness (QED) is 0.560. The monoisotopic (exact) mass is 301 g/mol. The lowest BCUT2D eigenvalue weighted by atomic mass is 10.2. The SMILES string of the molecule is Cc1nc(CC(Cn2cnc3ccccc32)NN)sc1C. The number of thiazole rings is 1. The lowest BCUT2D eigenvalue weighted by Gasteiger charge is -2.15. The smallest absolute Gasteiger partial charge is 0.0958 e. The van der Waals surface area contributed by atoms with Crippen molar-refractivity contribution in [2.75, 3.05) is 0 Å². The van der Waals surface area contributed by atoms with Crippen molar-refractivity contribution in [3.63, 3.8) is 0 Å². The van der Waals surface area contributed by atoms with Crippen molar-refractivity contribution in [1.82, 2.24) is 20.0 Å². The number of nitrogens with two attached hydrogens (primary N) is 1. The fourth-order valence-corrected chi connectivity index (χ4v) is 3.42. The van der Waals surface area contributed by atoms with Gasteiger partial charge in [-0.25, -0.2) is 9.97 Å². The first kappa shape index (κ1) is 14.2. The zero-order chi connectivity index (χ0) is 14.8. The van der Waals surface area contributed by atoms with Crippen LogP contribution in [0.15, 0.2) is 30.6 Å². The molecule has 0 aliphatic rings. The molecule has 110 valence electrons. The number of nitrogens with one attached hydrogen (secondary N) is 1. The first-order valence-electron chi connectivity index (χ1n) is 6.96. The van der Waals surface area contributed by atoms with Crippen molar-refractivity contribution in [3.05, 3.63) is 46.2 Å². The Morgan fingerprint density at radius 3 is 2.86 bits per heavy atom. The third kappa shape index (κ3) is 2.97. The number of benzene rings is 1. The Kier molecular flexibility index (Phi) is 4.01. The fraction of sp³-hybridized carbons (Fsp3) is 0.333. The zero-order valence-corrected chi connectivity index (χ0v) is 13.0. The molecular formula is C15H19N5S. The molecule has 3 N–H and O–H groups in total. The van der Waals surface area contributed by atoms with Gasteiger partial charge in [-0.05, 0) is 26.0 Å². The first-order chi connectivity index (χ1) is 10.2. The van der Waals surface area contributed by atoms with Crippen LogP contribution in [-0.2, 0) is 13.0 Å². The molecule has 0 fully saturated rings. The van der Waals surface area contributed by atoms with Crippen molar-refractivity contribution in [2.45, 2.75) is 32.9 Å². The molecule has 0 spiro atoms. The predicted molar refractivity (Wildman–Crippen MR) is 86.1 cm³/mol. The minimum Gasteiger partial charge on any atom is -0.329 e. The van der Waals surface area contributed by atoms with Gasteiger partial charge in [-0.3, -0.25) is 11.3 Å². The molecule has 2 aromatic heterocycles. The molecule has 1 unspecified atom stereocenters. The maximum Gasteiger partial charge on any atom is 0.0958 e. The topological polar surface area (TPSA) is 68.8 Å². The van der Waals surface area contributed by atoms with Gasteiger partial charge in [0.2, 0.25) is 0 Å². The number of hydrazine groups is 1. The van der Waals surface area contributed by atoms with Gasteiger partial charge >= 0.3 is 0 Å². The lowest BCUT2D eigenvalue weighted by Crippen LogP contribution is -2.39. The Morgan fingerprint density at radius 2 is 2.14 bits per heavy atom. The molecule has 5 nitrogen and oxygen atoms in total. The van der Waals surface area contributed by atoms with E-state index in [4.69, 9.17) is 5.84 Å². The summed E-state index contributed by atoms with van der Waals surface area (Å²) in [6.45, 7) is 4.92. The summed E-state index contributed by atoms with van der Waals surface area (Å²) in [5.41, 5.74) is 6.15. The van der Waals surface area contributed by atoms with Crippen LogP contribution in [0.3, 0.4) is 0 Å². The van der Waals surface area contributed by atoms with Crippen LogP contribution in [-0.4, -0.2) is 20.6 Å². The van der Waals surface area contributed by atoms with Crippen molar-refractivity contribution in [2.24, 2.45) is 5.84 Å². The average molecular weight is 301 g/mol. The molecule has 6 heteroatoms. The second-order valence-electron chi connectivity index (χ2n) is 5.20. The van der Waals surface area contributed by atoms with Gasteiger partial charge in [-0.2, -0.15) is 0 Å². The number of rotatable bonds is 5. The number of para-hydroxylation sites is 2. The summed E-state index contributed by atoms with van der Waals surface area (Å²) in [4.78, 5) is 10.3. The predicted octanol–water partition coefficient (Wildman–Crippen LogP) is 2.18. The van der Waals surface area contributed by atoms with Gasteiger partial charge in [0.05, 0.1) is 28.1 Å². The Morgan fingerprint density at radius 1 is 1.33 bits per heavy atom. The highest BCUT2D eigenvalue weighted by molar-refractivity contribution is 7.11. The van der Waals surface area contributed by atoms with Gasteiger partial charge in [0.15, 0.2) is 0 Å². The summed E-state index contributed by atoms with van der Waals surface area (Å²) in [7, 11) is 0. The molecule has 0 saturated carbocycles. The van der Waals surface area contributed by atoms with Crippen molar-refractivity contribution in [1.29, 1.82) is 0 Å².